The van der Waals surface area contributed by atoms with Crippen LogP contribution in [0.5, 0.6) is 0 Å². The Balaban J connectivity index is 2.88. The Bertz CT molecular complexity index is 506. The first-order valence-corrected chi connectivity index (χ1v) is 6.34. The zero-order valence-electron chi connectivity index (χ0n) is 11.5. The van der Waals surface area contributed by atoms with Crippen LogP contribution in [0.15, 0.2) is 6.07 Å². The number of aryl methyl sites for hydroxylation is 2. The van der Waals surface area contributed by atoms with Crippen molar-refractivity contribution in [3.8, 4) is 6.07 Å². The highest BCUT2D eigenvalue weighted by Crippen LogP contribution is 2.19. The van der Waals surface area contributed by atoms with E-state index in [1.54, 1.807) is 13.0 Å². The van der Waals surface area contributed by atoms with Crippen molar-refractivity contribution in [2.45, 2.75) is 33.6 Å². The number of hydrogen-bond donors (Lipinski definition) is 2. The van der Waals surface area contributed by atoms with E-state index < -0.39 is 11.9 Å². The molecule has 0 bridgehead atoms. The molecule has 19 heavy (non-hydrogen) atoms. The standard InChI is InChI=1S/C14H19N3O2/c1-4-5-11(14(18)19)8-16-13-6-9(2)17-10(3)12(13)7-15/h6,11H,4-5,8H2,1-3H3,(H,16,17)(H,18,19). The van der Waals surface area contributed by atoms with E-state index in [2.05, 4.69) is 16.4 Å². The van der Waals surface area contributed by atoms with Crippen molar-refractivity contribution in [2.24, 2.45) is 5.92 Å². The van der Waals surface area contributed by atoms with Gasteiger partial charge in [-0.25, -0.2) is 0 Å². The zero-order valence-corrected chi connectivity index (χ0v) is 11.5. The van der Waals surface area contributed by atoms with Crippen molar-refractivity contribution in [3.05, 3.63) is 23.0 Å². The first-order valence-electron chi connectivity index (χ1n) is 6.34. The Morgan fingerprint density at radius 3 is 2.79 bits per heavy atom. The molecule has 0 fully saturated rings. The van der Waals surface area contributed by atoms with Gasteiger partial charge in [0.15, 0.2) is 0 Å². The highest BCUT2D eigenvalue weighted by atomic mass is 16.4. The predicted molar refractivity (Wildman–Crippen MR) is 72.9 cm³/mol. The van der Waals surface area contributed by atoms with Gasteiger partial charge in [-0.05, 0) is 26.3 Å². The minimum Gasteiger partial charge on any atom is -0.481 e. The number of carboxylic acid groups (broad SMARTS) is 1. The summed E-state index contributed by atoms with van der Waals surface area (Å²) in [6.07, 6.45) is 1.44. The van der Waals surface area contributed by atoms with Crippen LogP contribution in [0.25, 0.3) is 0 Å². The van der Waals surface area contributed by atoms with E-state index in [4.69, 9.17) is 10.4 Å². The van der Waals surface area contributed by atoms with Gasteiger partial charge in [-0.2, -0.15) is 5.26 Å². The van der Waals surface area contributed by atoms with Crippen LogP contribution in [0.2, 0.25) is 0 Å². The van der Waals surface area contributed by atoms with Gasteiger partial charge in [0.25, 0.3) is 0 Å². The molecule has 0 aliphatic rings. The predicted octanol–water partition coefficient (Wildman–Crippen LogP) is 2.48. The average Bonchev–Trinajstić information content (AvgIpc) is 2.33. The average molecular weight is 261 g/mol. The molecule has 1 rings (SSSR count). The van der Waals surface area contributed by atoms with Crippen LogP contribution in [0.4, 0.5) is 5.69 Å². The second-order valence-corrected chi connectivity index (χ2v) is 4.59. The summed E-state index contributed by atoms with van der Waals surface area (Å²) in [6.45, 7) is 5.90. The Hall–Kier alpha value is -2.09. The van der Waals surface area contributed by atoms with Crippen LogP contribution >= 0.6 is 0 Å². The van der Waals surface area contributed by atoms with E-state index in [1.165, 1.54) is 0 Å². The third-order valence-electron chi connectivity index (χ3n) is 2.97. The third kappa shape index (κ3) is 3.95. The molecule has 1 unspecified atom stereocenters. The van der Waals surface area contributed by atoms with Gasteiger partial charge in [0.05, 0.1) is 22.9 Å². The van der Waals surface area contributed by atoms with E-state index in [-0.39, 0.29) is 0 Å². The molecule has 1 aromatic rings. The molecule has 5 nitrogen and oxygen atoms in total. The van der Waals surface area contributed by atoms with Crippen LogP contribution in [-0.2, 0) is 4.79 Å². The number of nitriles is 1. The number of carboxylic acids is 1. The monoisotopic (exact) mass is 261 g/mol. The summed E-state index contributed by atoms with van der Waals surface area (Å²) in [7, 11) is 0. The van der Waals surface area contributed by atoms with Gasteiger partial charge < -0.3 is 10.4 Å². The van der Waals surface area contributed by atoms with Crippen LogP contribution in [0.1, 0.15) is 36.7 Å². The highest BCUT2D eigenvalue weighted by molar-refractivity contribution is 5.71. The lowest BCUT2D eigenvalue weighted by molar-refractivity contribution is -0.141. The third-order valence-corrected chi connectivity index (χ3v) is 2.97. The van der Waals surface area contributed by atoms with E-state index in [0.29, 0.717) is 29.9 Å². The van der Waals surface area contributed by atoms with Gasteiger partial charge in [-0.15, -0.1) is 0 Å². The summed E-state index contributed by atoms with van der Waals surface area (Å²) in [5.74, 6) is -1.25. The summed E-state index contributed by atoms with van der Waals surface area (Å²) in [5, 5.41) is 21.3. The molecule has 0 aliphatic heterocycles. The number of nitrogens with zero attached hydrogens (tertiary/aromatic N) is 2. The topological polar surface area (TPSA) is 86.0 Å². The molecule has 0 amide bonds. The van der Waals surface area contributed by atoms with Crippen LogP contribution in [0, 0.1) is 31.1 Å². The summed E-state index contributed by atoms with van der Waals surface area (Å²) in [6, 6.07) is 3.88. The molecule has 0 spiro atoms. The number of carbonyl (C=O) groups is 1. The van der Waals surface area contributed by atoms with Crippen molar-refractivity contribution >= 4 is 11.7 Å². The summed E-state index contributed by atoms with van der Waals surface area (Å²) >= 11 is 0. The van der Waals surface area contributed by atoms with Crippen LogP contribution in [0.3, 0.4) is 0 Å². The van der Waals surface area contributed by atoms with Gasteiger partial charge in [0.2, 0.25) is 0 Å². The van der Waals surface area contributed by atoms with Crippen molar-refractivity contribution in [2.75, 3.05) is 11.9 Å². The lowest BCUT2D eigenvalue weighted by Crippen LogP contribution is -2.23. The molecular formula is C14H19N3O2. The molecule has 1 atom stereocenters. The number of nitrogens with one attached hydrogen (secondary N) is 1. The molecule has 102 valence electrons. The first kappa shape index (κ1) is 15.0. The SMILES string of the molecule is CCCC(CNc1cc(C)nc(C)c1C#N)C(=O)O. The Kier molecular flexibility index (Phi) is 5.31. The molecule has 0 saturated heterocycles. The fourth-order valence-electron chi connectivity index (χ4n) is 2.00. The fourth-order valence-corrected chi connectivity index (χ4v) is 2.00. The zero-order chi connectivity index (χ0) is 14.4. The van der Waals surface area contributed by atoms with Gasteiger partial charge in [-0.1, -0.05) is 13.3 Å². The molecule has 5 heteroatoms. The van der Waals surface area contributed by atoms with Crippen LogP contribution in [-0.4, -0.2) is 22.6 Å². The normalized spacial score (nSPS) is 11.7. The second kappa shape index (κ2) is 6.74. The Labute approximate surface area is 113 Å². The minimum atomic E-state index is -0.810. The lowest BCUT2D eigenvalue weighted by atomic mass is 10.0. The van der Waals surface area contributed by atoms with Crippen molar-refractivity contribution < 1.29 is 9.90 Å². The molecular weight excluding hydrogens is 242 g/mol. The quantitative estimate of drug-likeness (QED) is 0.821. The maximum absolute atomic E-state index is 11.1. The molecule has 1 aromatic heterocycles. The Morgan fingerprint density at radius 1 is 1.58 bits per heavy atom. The second-order valence-electron chi connectivity index (χ2n) is 4.59. The van der Waals surface area contributed by atoms with Gasteiger partial charge in [0, 0.05) is 12.2 Å². The first-order chi connectivity index (χ1) is 8.99. The number of pyridine rings is 1. The summed E-state index contributed by atoms with van der Waals surface area (Å²) in [4.78, 5) is 15.3. The largest absolute Gasteiger partial charge is 0.481 e. The molecule has 2 N–H and O–H groups in total. The number of anilines is 1. The number of hydrogen-bond acceptors (Lipinski definition) is 4. The van der Waals surface area contributed by atoms with E-state index in [1.807, 2.05) is 13.8 Å². The molecule has 0 aromatic carbocycles. The Morgan fingerprint density at radius 2 is 2.26 bits per heavy atom. The maximum Gasteiger partial charge on any atom is 0.308 e. The van der Waals surface area contributed by atoms with E-state index >= 15 is 0 Å². The lowest BCUT2D eigenvalue weighted by Gasteiger charge is -2.15. The van der Waals surface area contributed by atoms with Crippen LogP contribution < -0.4 is 5.32 Å². The van der Waals surface area contributed by atoms with Gasteiger partial charge in [-0.3, -0.25) is 9.78 Å². The van der Waals surface area contributed by atoms with Crippen molar-refractivity contribution in [3.63, 3.8) is 0 Å². The van der Waals surface area contributed by atoms with Gasteiger partial charge in [0.1, 0.15) is 6.07 Å². The van der Waals surface area contributed by atoms with E-state index in [0.717, 1.165) is 12.1 Å². The maximum atomic E-state index is 11.1. The minimum absolute atomic E-state index is 0.320. The molecule has 0 saturated carbocycles. The fraction of sp³-hybridized carbons (Fsp3) is 0.500. The summed E-state index contributed by atoms with van der Waals surface area (Å²) in [5.41, 5.74) is 2.61. The van der Waals surface area contributed by atoms with E-state index in [9.17, 15) is 4.79 Å². The number of aromatic nitrogens is 1. The molecule has 0 radical (unpaired) electrons. The smallest absolute Gasteiger partial charge is 0.308 e. The number of rotatable bonds is 6. The number of aliphatic carboxylic acids is 1. The summed E-state index contributed by atoms with van der Waals surface area (Å²) < 4.78 is 0. The van der Waals surface area contributed by atoms with Crippen molar-refractivity contribution in [1.29, 1.82) is 5.26 Å². The molecule has 0 aliphatic carbocycles. The van der Waals surface area contributed by atoms with Crippen molar-refractivity contribution in [1.82, 2.24) is 4.98 Å². The van der Waals surface area contributed by atoms with Gasteiger partial charge >= 0.3 is 5.97 Å². The molecule has 1 heterocycles. The highest BCUT2D eigenvalue weighted by Gasteiger charge is 2.17.